The summed E-state index contributed by atoms with van der Waals surface area (Å²) in [5.41, 5.74) is 8.46. The lowest BCUT2D eigenvalue weighted by molar-refractivity contribution is 1.32. The second kappa shape index (κ2) is 10.1. The normalized spacial score (nSPS) is 10.8. The number of hydrogen-bond acceptors (Lipinski definition) is 2. The Balaban J connectivity index is 1.73. The molecule has 1 aromatic heterocycles. The van der Waals surface area contributed by atoms with Crippen molar-refractivity contribution in [3.63, 3.8) is 0 Å². The van der Waals surface area contributed by atoms with Gasteiger partial charge in [0.15, 0.2) is 0 Å². The van der Waals surface area contributed by atoms with Gasteiger partial charge in [-0.15, -0.1) is 11.3 Å². The Labute approximate surface area is 216 Å². The smallest absolute Gasteiger partial charge is 0.109 e. The zero-order valence-corrected chi connectivity index (χ0v) is 20.6. The maximum Gasteiger partial charge on any atom is 0.109 e. The highest BCUT2D eigenvalue weighted by Gasteiger charge is 2.27. The van der Waals surface area contributed by atoms with E-state index in [2.05, 4.69) is 157 Å². The van der Waals surface area contributed by atoms with Gasteiger partial charge >= 0.3 is 0 Å². The molecule has 0 unspecified atom stereocenters. The standard InChI is InChI=1S/C34H25NS/c1-6-16-26(17-7-1)31-32(27-18-8-2-9-19-27)34(36-33(31)28-20-10-3-11-21-28)35(29-22-12-4-13-23-29)30-24-14-5-15-25-30/h1-25H. The van der Waals surface area contributed by atoms with Crippen LogP contribution in [0.5, 0.6) is 0 Å². The molecule has 0 aliphatic heterocycles. The van der Waals surface area contributed by atoms with E-state index in [9.17, 15) is 0 Å². The summed E-state index contributed by atoms with van der Waals surface area (Å²) >= 11 is 1.85. The number of benzene rings is 5. The molecule has 0 bridgehead atoms. The van der Waals surface area contributed by atoms with E-state index in [4.69, 9.17) is 0 Å². The highest BCUT2D eigenvalue weighted by molar-refractivity contribution is 7.21. The van der Waals surface area contributed by atoms with Crippen LogP contribution in [-0.4, -0.2) is 0 Å². The lowest BCUT2D eigenvalue weighted by Gasteiger charge is -2.25. The molecule has 0 N–H and O–H groups in total. The maximum absolute atomic E-state index is 2.39. The van der Waals surface area contributed by atoms with E-state index in [-0.39, 0.29) is 0 Å². The summed E-state index contributed by atoms with van der Waals surface area (Å²) in [5.74, 6) is 0. The molecular weight excluding hydrogens is 454 g/mol. The zero-order chi connectivity index (χ0) is 24.2. The molecule has 172 valence electrons. The number of para-hydroxylation sites is 2. The first kappa shape index (κ1) is 22.1. The predicted molar refractivity (Wildman–Crippen MR) is 155 cm³/mol. The third kappa shape index (κ3) is 4.24. The van der Waals surface area contributed by atoms with Crippen molar-refractivity contribution < 1.29 is 0 Å². The van der Waals surface area contributed by atoms with Gasteiger partial charge in [0.2, 0.25) is 0 Å². The van der Waals surface area contributed by atoms with Crippen LogP contribution in [-0.2, 0) is 0 Å². The first-order chi connectivity index (χ1) is 17.9. The van der Waals surface area contributed by atoms with E-state index in [0.717, 1.165) is 11.4 Å². The monoisotopic (exact) mass is 479 g/mol. The van der Waals surface area contributed by atoms with Gasteiger partial charge in [-0.3, -0.25) is 0 Å². The van der Waals surface area contributed by atoms with Gasteiger partial charge in [-0.2, -0.15) is 0 Å². The molecule has 1 heterocycles. The fourth-order valence-electron chi connectivity index (χ4n) is 4.66. The number of nitrogens with zero attached hydrogens (tertiary/aromatic N) is 1. The molecule has 0 aliphatic carbocycles. The molecule has 0 saturated carbocycles. The first-order valence-electron chi connectivity index (χ1n) is 12.1. The lowest BCUT2D eigenvalue weighted by Crippen LogP contribution is -2.09. The summed E-state index contributed by atoms with van der Waals surface area (Å²) < 4.78 is 0. The van der Waals surface area contributed by atoms with Crippen molar-refractivity contribution in [2.45, 2.75) is 0 Å². The van der Waals surface area contributed by atoms with E-state index in [0.29, 0.717) is 0 Å². The largest absolute Gasteiger partial charge is 0.301 e. The van der Waals surface area contributed by atoms with Gasteiger partial charge in [0.1, 0.15) is 5.00 Å². The van der Waals surface area contributed by atoms with Crippen molar-refractivity contribution in [3.8, 4) is 32.7 Å². The van der Waals surface area contributed by atoms with Gasteiger partial charge < -0.3 is 4.90 Å². The molecule has 0 spiro atoms. The Hall–Kier alpha value is -4.40. The molecule has 0 saturated heterocycles. The zero-order valence-electron chi connectivity index (χ0n) is 19.8. The molecule has 2 heteroatoms. The minimum Gasteiger partial charge on any atom is -0.301 e. The maximum atomic E-state index is 2.39. The Morgan fingerprint density at radius 2 is 0.722 bits per heavy atom. The van der Waals surface area contributed by atoms with Crippen molar-refractivity contribution in [1.82, 2.24) is 0 Å². The molecular formula is C34H25NS. The van der Waals surface area contributed by atoms with Crippen LogP contribution in [0, 0.1) is 0 Å². The van der Waals surface area contributed by atoms with Gasteiger partial charge in [0, 0.05) is 27.4 Å². The molecule has 0 radical (unpaired) electrons. The SMILES string of the molecule is c1ccc(-c2sc(N(c3ccccc3)c3ccccc3)c(-c3ccccc3)c2-c2ccccc2)cc1. The quantitative estimate of drug-likeness (QED) is 0.230. The summed E-state index contributed by atoms with van der Waals surface area (Å²) in [6.07, 6.45) is 0. The minimum absolute atomic E-state index is 1.14. The van der Waals surface area contributed by atoms with Crippen molar-refractivity contribution >= 4 is 27.7 Å². The summed E-state index contributed by atoms with van der Waals surface area (Å²) in [4.78, 5) is 3.67. The summed E-state index contributed by atoms with van der Waals surface area (Å²) in [5, 5.41) is 1.20. The van der Waals surface area contributed by atoms with Gasteiger partial charge in [-0.25, -0.2) is 0 Å². The van der Waals surface area contributed by atoms with Crippen molar-refractivity contribution in [2.75, 3.05) is 4.90 Å². The third-order valence-electron chi connectivity index (χ3n) is 6.28. The van der Waals surface area contributed by atoms with Crippen molar-refractivity contribution in [2.24, 2.45) is 0 Å². The van der Waals surface area contributed by atoms with E-state index in [1.54, 1.807) is 0 Å². The van der Waals surface area contributed by atoms with Gasteiger partial charge in [0.25, 0.3) is 0 Å². The highest BCUT2D eigenvalue weighted by Crippen LogP contribution is 2.55. The number of thiophene rings is 1. The first-order valence-corrected chi connectivity index (χ1v) is 12.9. The van der Waals surface area contributed by atoms with Crippen molar-refractivity contribution in [3.05, 3.63) is 152 Å². The molecule has 6 rings (SSSR count). The number of rotatable bonds is 6. The Bertz CT molecular complexity index is 1500. The summed E-state index contributed by atoms with van der Waals surface area (Å²) in [7, 11) is 0. The average Bonchev–Trinajstić information content (AvgIpc) is 3.36. The minimum atomic E-state index is 1.14. The van der Waals surface area contributed by atoms with E-state index < -0.39 is 0 Å². The molecule has 0 aliphatic rings. The molecule has 0 fully saturated rings. The fourth-order valence-corrected chi connectivity index (χ4v) is 6.05. The fraction of sp³-hybridized carbons (Fsp3) is 0. The van der Waals surface area contributed by atoms with Crippen LogP contribution in [0.3, 0.4) is 0 Å². The second-order valence-corrected chi connectivity index (χ2v) is 9.59. The van der Waals surface area contributed by atoms with Crippen LogP contribution >= 0.6 is 11.3 Å². The topological polar surface area (TPSA) is 3.24 Å². The Kier molecular flexibility index (Phi) is 6.18. The van der Waals surface area contributed by atoms with Crippen LogP contribution in [0.15, 0.2) is 152 Å². The van der Waals surface area contributed by atoms with Gasteiger partial charge in [-0.1, -0.05) is 127 Å². The van der Waals surface area contributed by atoms with Crippen LogP contribution in [0.4, 0.5) is 16.4 Å². The summed E-state index contributed by atoms with van der Waals surface area (Å²) in [6, 6.07) is 53.7. The van der Waals surface area contributed by atoms with E-state index >= 15 is 0 Å². The summed E-state index contributed by atoms with van der Waals surface area (Å²) in [6.45, 7) is 0. The number of anilines is 3. The van der Waals surface area contributed by atoms with Crippen LogP contribution < -0.4 is 4.90 Å². The third-order valence-corrected chi connectivity index (χ3v) is 7.51. The van der Waals surface area contributed by atoms with Crippen LogP contribution in [0.2, 0.25) is 0 Å². The lowest BCUT2D eigenvalue weighted by atomic mass is 9.93. The Morgan fingerprint density at radius 3 is 1.17 bits per heavy atom. The van der Waals surface area contributed by atoms with E-state index in [1.165, 1.54) is 37.7 Å². The van der Waals surface area contributed by atoms with Crippen LogP contribution in [0.25, 0.3) is 32.7 Å². The molecule has 1 nitrogen and oxygen atoms in total. The second-order valence-electron chi connectivity index (χ2n) is 8.59. The van der Waals surface area contributed by atoms with Gasteiger partial charge in [0.05, 0.1) is 0 Å². The van der Waals surface area contributed by atoms with Crippen LogP contribution in [0.1, 0.15) is 0 Å². The van der Waals surface area contributed by atoms with Gasteiger partial charge in [-0.05, 0) is 41.0 Å². The molecule has 0 amide bonds. The Morgan fingerprint density at radius 1 is 0.361 bits per heavy atom. The predicted octanol–water partition coefficient (Wildman–Crippen LogP) is 10.2. The number of hydrogen-bond donors (Lipinski definition) is 0. The van der Waals surface area contributed by atoms with Crippen molar-refractivity contribution in [1.29, 1.82) is 0 Å². The molecule has 5 aromatic carbocycles. The molecule has 36 heavy (non-hydrogen) atoms. The van der Waals surface area contributed by atoms with E-state index in [1.807, 2.05) is 11.3 Å². The molecule has 0 atom stereocenters. The highest BCUT2D eigenvalue weighted by atomic mass is 32.1. The average molecular weight is 480 g/mol. The molecule has 6 aromatic rings.